The molecule has 1 aromatic carbocycles. The predicted molar refractivity (Wildman–Crippen MR) is 92.8 cm³/mol. The second-order valence-electron chi connectivity index (χ2n) is 6.57. The summed E-state index contributed by atoms with van der Waals surface area (Å²) in [5.74, 6) is -0.142. The molecule has 0 bridgehead atoms. The fourth-order valence-corrected chi connectivity index (χ4v) is 3.65. The molecule has 1 N–H and O–H groups in total. The van der Waals surface area contributed by atoms with E-state index < -0.39 is 0 Å². The number of amides is 2. The Morgan fingerprint density at radius 3 is 2.92 bits per heavy atom. The first-order valence-electron chi connectivity index (χ1n) is 9.02. The Balaban J connectivity index is 1.60. The van der Waals surface area contributed by atoms with Gasteiger partial charge in [-0.25, -0.2) is 0 Å². The number of nitrogens with one attached hydrogen (secondary N) is 1. The van der Waals surface area contributed by atoms with E-state index in [9.17, 15) is 9.59 Å². The molecule has 1 saturated heterocycles. The molecule has 1 aromatic rings. The summed E-state index contributed by atoms with van der Waals surface area (Å²) < 4.78 is 11.1. The number of rotatable bonds is 4. The second kappa shape index (κ2) is 8.97. The fraction of sp³-hybridized carbons (Fsp3) is 0.579. The van der Waals surface area contributed by atoms with Crippen LogP contribution < -0.4 is 5.32 Å². The third-order valence-corrected chi connectivity index (χ3v) is 4.90. The topological polar surface area (TPSA) is 67.9 Å². The highest BCUT2D eigenvalue weighted by Crippen LogP contribution is 2.30. The van der Waals surface area contributed by atoms with E-state index in [1.54, 1.807) is 4.90 Å². The number of ether oxygens (including phenoxy) is 2. The quantitative estimate of drug-likeness (QED) is 0.894. The standard InChI is InChI=1S/C19H26N2O4/c22-18(14-25-13-15-5-2-1-3-6-15)21-10-12-24-11-9-20-19(23)16-7-4-8-17(16)21/h1-3,5-6,16-17H,4,7-14H2,(H,20,23). The molecule has 1 aliphatic heterocycles. The van der Waals surface area contributed by atoms with Gasteiger partial charge in [-0.2, -0.15) is 0 Å². The molecule has 2 unspecified atom stereocenters. The zero-order chi connectivity index (χ0) is 17.5. The molecule has 0 radical (unpaired) electrons. The molecular formula is C19H26N2O4. The maximum atomic E-state index is 12.7. The third kappa shape index (κ3) is 4.80. The molecule has 2 amide bonds. The van der Waals surface area contributed by atoms with Crippen LogP contribution >= 0.6 is 0 Å². The number of carbonyl (C=O) groups is 2. The minimum Gasteiger partial charge on any atom is -0.378 e. The molecule has 2 aliphatic rings. The first-order chi connectivity index (χ1) is 12.3. The maximum Gasteiger partial charge on any atom is 0.248 e. The Morgan fingerprint density at radius 1 is 1.24 bits per heavy atom. The van der Waals surface area contributed by atoms with Crippen molar-refractivity contribution in [3.8, 4) is 0 Å². The second-order valence-corrected chi connectivity index (χ2v) is 6.57. The lowest BCUT2D eigenvalue weighted by Crippen LogP contribution is -2.50. The highest BCUT2D eigenvalue weighted by molar-refractivity contribution is 5.82. The van der Waals surface area contributed by atoms with Gasteiger partial charge in [-0.1, -0.05) is 36.8 Å². The van der Waals surface area contributed by atoms with Gasteiger partial charge in [-0.05, 0) is 18.4 Å². The van der Waals surface area contributed by atoms with Crippen LogP contribution in [0.1, 0.15) is 24.8 Å². The van der Waals surface area contributed by atoms with Crippen LogP contribution in [0, 0.1) is 5.92 Å². The number of carbonyl (C=O) groups excluding carboxylic acids is 2. The van der Waals surface area contributed by atoms with Crippen molar-refractivity contribution in [3.63, 3.8) is 0 Å². The van der Waals surface area contributed by atoms with Crippen molar-refractivity contribution in [2.75, 3.05) is 32.9 Å². The fourth-order valence-electron chi connectivity index (χ4n) is 3.65. The molecule has 0 spiro atoms. The van der Waals surface area contributed by atoms with Crippen LogP contribution in [0.5, 0.6) is 0 Å². The van der Waals surface area contributed by atoms with Crippen molar-refractivity contribution in [2.45, 2.75) is 31.9 Å². The van der Waals surface area contributed by atoms with Crippen molar-refractivity contribution in [2.24, 2.45) is 5.92 Å². The van der Waals surface area contributed by atoms with Crippen LogP contribution in [0.25, 0.3) is 0 Å². The van der Waals surface area contributed by atoms with Crippen LogP contribution in [0.4, 0.5) is 0 Å². The number of hydrogen-bond acceptors (Lipinski definition) is 4. The first kappa shape index (κ1) is 17.9. The van der Waals surface area contributed by atoms with Gasteiger partial charge in [0.1, 0.15) is 6.61 Å². The lowest BCUT2D eigenvalue weighted by atomic mass is 10.0. The summed E-state index contributed by atoms with van der Waals surface area (Å²) in [7, 11) is 0. The lowest BCUT2D eigenvalue weighted by molar-refractivity contribution is -0.142. The van der Waals surface area contributed by atoms with Crippen molar-refractivity contribution in [1.29, 1.82) is 0 Å². The summed E-state index contributed by atoms with van der Waals surface area (Å²) in [6.07, 6.45) is 2.67. The molecule has 136 valence electrons. The molecule has 1 heterocycles. The molecule has 2 fully saturated rings. The molecule has 3 rings (SSSR count). The Bertz CT molecular complexity index is 578. The summed E-state index contributed by atoms with van der Waals surface area (Å²) in [4.78, 5) is 26.9. The van der Waals surface area contributed by atoms with Crippen LogP contribution in [-0.2, 0) is 25.7 Å². The average Bonchev–Trinajstić information content (AvgIpc) is 3.11. The highest BCUT2D eigenvalue weighted by Gasteiger charge is 2.38. The minimum atomic E-state index is -0.115. The van der Waals surface area contributed by atoms with Crippen molar-refractivity contribution in [3.05, 3.63) is 35.9 Å². The minimum absolute atomic E-state index is 0.0275. The monoisotopic (exact) mass is 346 g/mol. The van der Waals surface area contributed by atoms with E-state index in [2.05, 4.69) is 5.32 Å². The molecule has 0 aromatic heterocycles. The van der Waals surface area contributed by atoms with E-state index in [-0.39, 0.29) is 30.4 Å². The summed E-state index contributed by atoms with van der Waals surface area (Å²) in [5, 5.41) is 2.91. The molecule has 6 nitrogen and oxygen atoms in total. The van der Waals surface area contributed by atoms with E-state index in [1.807, 2.05) is 30.3 Å². The van der Waals surface area contributed by atoms with Gasteiger partial charge in [0.05, 0.1) is 25.7 Å². The van der Waals surface area contributed by atoms with Gasteiger partial charge in [0.2, 0.25) is 11.8 Å². The Kier molecular flexibility index (Phi) is 6.42. The summed E-state index contributed by atoms with van der Waals surface area (Å²) in [6, 6.07) is 9.74. The van der Waals surface area contributed by atoms with Crippen molar-refractivity contribution < 1.29 is 19.1 Å². The van der Waals surface area contributed by atoms with Gasteiger partial charge < -0.3 is 19.7 Å². The summed E-state index contributed by atoms with van der Waals surface area (Å²) in [5.41, 5.74) is 1.04. The number of benzene rings is 1. The van der Waals surface area contributed by atoms with Crippen molar-refractivity contribution in [1.82, 2.24) is 10.2 Å². The lowest BCUT2D eigenvalue weighted by Gasteiger charge is -2.33. The van der Waals surface area contributed by atoms with Crippen LogP contribution in [0.15, 0.2) is 30.3 Å². The largest absolute Gasteiger partial charge is 0.378 e. The van der Waals surface area contributed by atoms with E-state index in [0.717, 1.165) is 24.8 Å². The van der Waals surface area contributed by atoms with Gasteiger partial charge in [-0.3, -0.25) is 9.59 Å². The summed E-state index contributed by atoms with van der Waals surface area (Å²) in [6.45, 7) is 2.46. The smallest absolute Gasteiger partial charge is 0.248 e. The Morgan fingerprint density at radius 2 is 2.08 bits per heavy atom. The molecule has 2 atom stereocenters. The van der Waals surface area contributed by atoms with Crippen LogP contribution in [0.2, 0.25) is 0 Å². The van der Waals surface area contributed by atoms with Crippen molar-refractivity contribution >= 4 is 11.8 Å². The van der Waals surface area contributed by atoms with E-state index in [4.69, 9.17) is 9.47 Å². The number of fused-ring (bicyclic) bond motifs is 1. The Hall–Kier alpha value is -1.92. The van der Waals surface area contributed by atoms with Gasteiger partial charge in [0.15, 0.2) is 0 Å². The van der Waals surface area contributed by atoms with Gasteiger partial charge >= 0.3 is 0 Å². The zero-order valence-corrected chi connectivity index (χ0v) is 14.5. The molecular weight excluding hydrogens is 320 g/mol. The van der Waals surface area contributed by atoms with Crippen LogP contribution in [0.3, 0.4) is 0 Å². The van der Waals surface area contributed by atoms with Gasteiger partial charge in [-0.15, -0.1) is 0 Å². The molecule has 6 heteroatoms. The average molecular weight is 346 g/mol. The molecule has 25 heavy (non-hydrogen) atoms. The zero-order valence-electron chi connectivity index (χ0n) is 14.5. The SMILES string of the molecule is O=C1NCCOCCN(C(=O)COCc2ccccc2)C2CCCC12. The third-order valence-electron chi connectivity index (χ3n) is 4.90. The highest BCUT2D eigenvalue weighted by atomic mass is 16.5. The number of nitrogens with zero attached hydrogens (tertiary/aromatic N) is 1. The maximum absolute atomic E-state index is 12.7. The normalized spacial score (nSPS) is 24.5. The van der Waals surface area contributed by atoms with E-state index in [0.29, 0.717) is 32.9 Å². The Labute approximate surface area is 148 Å². The molecule has 1 saturated carbocycles. The first-order valence-corrected chi connectivity index (χ1v) is 9.02. The molecule has 1 aliphatic carbocycles. The van der Waals surface area contributed by atoms with E-state index in [1.165, 1.54) is 0 Å². The van der Waals surface area contributed by atoms with Gasteiger partial charge in [0.25, 0.3) is 0 Å². The van der Waals surface area contributed by atoms with Gasteiger partial charge in [0, 0.05) is 19.1 Å². The predicted octanol–water partition coefficient (Wildman–Crippen LogP) is 1.35. The van der Waals surface area contributed by atoms with E-state index >= 15 is 0 Å². The summed E-state index contributed by atoms with van der Waals surface area (Å²) >= 11 is 0. The number of hydrogen-bond donors (Lipinski definition) is 1. The van der Waals surface area contributed by atoms with Crippen LogP contribution in [-0.4, -0.2) is 55.7 Å².